The zero-order valence-corrected chi connectivity index (χ0v) is 8.70. The molecule has 3 nitrogen and oxygen atoms in total. The molecule has 0 spiro atoms. The average molecular weight is 187 g/mol. The number of ether oxygens (including phenoxy) is 1. The summed E-state index contributed by atoms with van der Waals surface area (Å²) >= 11 is 0. The molecule has 0 aromatic rings. The van der Waals surface area contributed by atoms with Crippen LogP contribution in [0.4, 0.5) is 0 Å². The molecule has 1 aliphatic rings. The summed E-state index contributed by atoms with van der Waals surface area (Å²) < 4.78 is 5.19. The standard InChI is InChI=1S/C10H21NO2/c1-3-11-7-5-9(6-8-11)10(12)13-4-2/h9-10,12H,3-8H2,1-2H3. The number of aliphatic hydroxyl groups is 1. The van der Waals surface area contributed by atoms with Crippen LogP contribution < -0.4 is 0 Å². The number of rotatable bonds is 4. The minimum Gasteiger partial charge on any atom is -0.368 e. The fourth-order valence-electron chi connectivity index (χ4n) is 1.86. The van der Waals surface area contributed by atoms with Crippen molar-refractivity contribution in [3.05, 3.63) is 0 Å². The molecule has 0 aliphatic carbocycles. The van der Waals surface area contributed by atoms with Gasteiger partial charge in [0.25, 0.3) is 0 Å². The maximum absolute atomic E-state index is 9.59. The van der Waals surface area contributed by atoms with E-state index in [1.807, 2.05) is 6.92 Å². The predicted molar refractivity (Wildman–Crippen MR) is 52.5 cm³/mol. The highest BCUT2D eigenvalue weighted by Crippen LogP contribution is 2.20. The summed E-state index contributed by atoms with van der Waals surface area (Å²) in [5.41, 5.74) is 0. The third kappa shape index (κ3) is 3.25. The first-order chi connectivity index (χ1) is 6.27. The van der Waals surface area contributed by atoms with Crippen molar-refractivity contribution < 1.29 is 9.84 Å². The van der Waals surface area contributed by atoms with Crippen LogP contribution in [0.3, 0.4) is 0 Å². The van der Waals surface area contributed by atoms with E-state index in [9.17, 15) is 5.11 Å². The monoisotopic (exact) mass is 187 g/mol. The Labute approximate surface area is 80.7 Å². The van der Waals surface area contributed by atoms with E-state index in [0.29, 0.717) is 12.5 Å². The molecule has 1 fully saturated rings. The summed E-state index contributed by atoms with van der Waals surface area (Å²) in [6.45, 7) is 8.03. The summed E-state index contributed by atoms with van der Waals surface area (Å²) in [6, 6.07) is 0. The van der Waals surface area contributed by atoms with Crippen LogP contribution in [0.1, 0.15) is 26.7 Å². The van der Waals surface area contributed by atoms with Gasteiger partial charge in [-0.3, -0.25) is 0 Å². The molecular formula is C10H21NO2. The number of aliphatic hydroxyl groups excluding tert-OH is 1. The van der Waals surface area contributed by atoms with Crippen LogP contribution in [0.2, 0.25) is 0 Å². The van der Waals surface area contributed by atoms with Gasteiger partial charge in [0.15, 0.2) is 6.29 Å². The van der Waals surface area contributed by atoms with E-state index in [4.69, 9.17) is 4.74 Å². The minimum atomic E-state index is -0.538. The number of hydrogen-bond acceptors (Lipinski definition) is 3. The second-order valence-electron chi connectivity index (χ2n) is 3.62. The maximum Gasteiger partial charge on any atom is 0.157 e. The summed E-state index contributed by atoms with van der Waals surface area (Å²) in [5.74, 6) is 0.350. The zero-order valence-electron chi connectivity index (χ0n) is 8.70. The normalized spacial score (nSPS) is 23.3. The molecule has 1 heterocycles. The lowest BCUT2D eigenvalue weighted by Crippen LogP contribution is -2.38. The largest absolute Gasteiger partial charge is 0.368 e. The molecule has 3 heteroatoms. The van der Waals surface area contributed by atoms with Crippen molar-refractivity contribution in [2.75, 3.05) is 26.2 Å². The Hall–Kier alpha value is -0.120. The van der Waals surface area contributed by atoms with Gasteiger partial charge in [0.1, 0.15) is 0 Å². The molecule has 0 saturated carbocycles. The van der Waals surface area contributed by atoms with Crippen molar-refractivity contribution in [2.24, 2.45) is 5.92 Å². The maximum atomic E-state index is 9.59. The molecule has 1 atom stereocenters. The van der Waals surface area contributed by atoms with E-state index in [2.05, 4.69) is 11.8 Å². The highest BCUT2D eigenvalue weighted by atomic mass is 16.6. The van der Waals surface area contributed by atoms with E-state index >= 15 is 0 Å². The third-order valence-electron chi connectivity index (χ3n) is 2.82. The topological polar surface area (TPSA) is 32.7 Å². The van der Waals surface area contributed by atoms with Crippen LogP contribution in [-0.4, -0.2) is 42.5 Å². The fourth-order valence-corrected chi connectivity index (χ4v) is 1.86. The smallest absolute Gasteiger partial charge is 0.157 e. The van der Waals surface area contributed by atoms with E-state index < -0.39 is 6.29 Å². The zero-order chi connectivity index (χ0) is 9.68. The Morgan fingerprint density at radius 1 is 1.38 bits per heavy atom. The van der Waals surface area contributed by atoms with Gasteiger partial charge in [-0.05, 0) is 39.4 Å². The average Bonchev–Trinajstić information content (AvgIpc) is 2.18. The van der Waals surface area contributed by atoms with Gasteiger partial charge in [-0.15, -0.1) is 0 Å². The molecule has 1 unspecified atom stereocenters. The van der Waals surface area contributed by atoms with Crippen LogP contribution in [0.25, 0.3) is 0 Å². The van der Waals surface area contributed by atoms with Crippen LogP contribution in [-0.2, 0) is 4.74 Å². The first-order valence-electron chi connectivity index (χ1n) is 5.30. The van der Waals surface area contributed by atoms with Crippen molar-refractivity contribution in [3.8, 4) is 0 Å². The molecule has 13 heavy (non-hydrogen) atoms. The molecule has 0 aromatic carbocycles. The second-order valence-corrected chi connectivity index (χ2v) is 3.62. The lowest BCUT2D eigenvalue weighted by atomic mass is 9.96. The van der Waals surface area contributed by atoms with Gasteiger partial charge in [-0.25, -0.2) is 0 Å². The summed E-state index contributed by atoms with van der Waals surface area (Å²) in [6.07, 6.45) is 1.59. The van der Waals surface area contributed by atoms with E-state index in [1.165, 1.54) is 0 Å². The van der Waals surface area contributed by atoms with Gasteiger partial charge in [0.2, 0.25) is 0 Å². The van der Waals surface area contributed by atoms with Crippen molar-refractivity contribution >= 4 is 0 Å². The van der Waals surface area contributed by atoms with Crippen LogP contribution in [0.15, 0.2) is 0 Å². The van der Waals surface area contributed by atoms with Gasteiger partial charge in [0, 0.05) is 12.5 Å². The Kier molecular flexibility index (Phi) is 4.70. The van der Waals surface area contributed by atoms with Crippen LogP contribution in [0.5, 0.6) is 0 Å². The van der Waals surface area contributed by atoms with Gasteiger partial charge < -0.3 is 14.7 Å². The van der Waals surface area contributed by atoms with E-state index in [1.54, 1.807) is 0 Å². The summed E-state index contributed by atoms with van der Waals surface area (Å²) in [4.78, 5) is 2.41. The van der Waals surface area contributed by atoms with Gasteiger partial charge in [-0.2, -0.15) is 0 Å². The molecule has 1 rings (SSSR count). The summed E-state index contributed by atoms with van der Waals surface area (Å²) in [7, 11) is 0. The molecule has 1 saturated heterocycles. The van der Waals surface area contributed by atoms with E-state index in [-0.39, 0.29) is 0 Å². The fraction of sp³-hybridized carbons (Fsp3) is 1.00. The predicted octanol–water partition coefficient (Wildman–Crippen LogP) is 1.07. The lowest BCUT2D eigenvalue weighted by Gasteiger charge is -2.33. The number of nitrogens with zero attached hydrogens (tertiary/aromatic N) is 1. The molecule has 78 valence electrons. The highest BCUT2D eigenvalue weighted by Gasteiger charge is 2.24. The Morgan fingerprint density at radius 2 is 2.00 bits per heavy atom. The lowest BCUT2D eigenvalue weighted by molar-refractivity contribution is -0.140. The SMILES string of the molecule is CCOC(O)C1CCN(CC)CC1. The Bertz CT molecular complexity index is 133. The van der Waals surface area contributed by atoms with Crippen LogP contribution >= 0.6 is 0 Å². The number of likely N-dealkylation sites (tertiary alicyclic amines) is 1. The number of hydrogen-bond donors (Lipinski definition) is 1. The van der Waals surface area contributed by atoms with Gasteiger partial charge >= 0.3 is 0 Å². The molecule has 1 N–H and O–H groups in total. The number of piperidine rings is 1. The van der Waals surface area contributed by atoms with Crippen molar-refractivity contribution in [3.63, 3.8) is 0 Å². The first-order valence-corrected chi connectivity index (χ1v) is 5.30. The molecule has 1 aliphatic heterocycles. The highest BCUT2D eigenvalue weighted by molar-refractivity contribution is 4.72. The minimum absolute atomic E-state index is 0.350. The molecule has 0 aromatic heterocycles. The first kappa shape index (κ1) is 11.0. The van der Waals surface area contributed by atoms with Gasteiger partial charge in [0.05, 0.1) is 0 Å². The van der Waals surface area contributed by atoms with Crippen molar-refractivity contribution in [2.45, 2.75) is 33.0 Å². The van der Waals surface area contributed by atoms with Crippen molar-refractivity contribution in [1.29, 1.82) is 0 Å². The second kappa shape index (κ2) is 5.58. The Morgan fingerprint density at radius 3 is 2.46 bits per heavy atom. The van der Waals surface area contributed by atoms with Crippen molar-refractivity contribution in [1.82, 2.24) is 4.90 Å². The third-order valence-corrected chi connectivity index (χ3v) is 2.82. The Balaban J connectivity index is 2.23. The van der Waals surface area contributed by atoms with Gasteiger partial charge in [-0.1, -0.05) is 6.92 Å². The molecule has 0 radical (unpaired) electrons. The summed E-state index contributed by atoms with van der Waals surface area (Å²) in [5, 5.41) is 9.59. The van der Waals surface area contributed by atoms with Crippen LogP contribution in [0, 0.1) is 5.92 Å². The quantitative estimate of drug-likeness (QED) is 0.668. The molecule has 0 amide bonds. The molecule has 0 bridgehead atoms. The van der Waals surface area contributed by atoms with E-state index in [0.717, 1.165) is 32.5 Å². The molecular weight excluding hydrogens is 166 g/mol.